The molecule has 0 saturated carbocycles. The standard InChI is InChI=1S/C17H28N2O2/c1-6-7-20-15-8-14(9-19-10-15)17(18-5)16-11(2)12(3)21-13(16)4/h8-13,16-18H,6-7H2,1-5H3. The van der Waals surface area contributed by atoms with Crippen molar-refractivity contribution in [2.24, 2.45) is 11.8 Å². The zero-order valence-electron chi connectivity index (χ0n) is 13.8. The summed E-state index contributed by atoms with van der Waals surface area (Å²) in [5, 5.41) is 3.45. The van der Waals surface area contributed by atoms with Gasteiger partial charge in [0.2, 0.25) is 0 Å². The molecule has 0 aliphatic carbocycles. The Hall–Kier alpha value is -1.13. The number of nitrogens with zero attached hydrogens (tertiary/aromatic N) is 1. The molecular weight excluding hydrogens is 264 g/mol. The second kappa shape index (κ2) is 7.23. The Kier molecular flexibility index (Phi) is 5.59. The van der Waals surface area contributed by atoms with Gasteiger partial charge in [-0.25, -0.2) is 0 Å². The summed E-state index contributed by atoms with van der Waals surface area (Å²) in [6.07, 6.45) is 5.26. The van der Waals surface area contributed by atoms with E-state index in [-0.39, 0.29) is 12.1 Å². The molecular formula is C17H28N2O2. The van der Waals surface area contributed by atoms with Crippen molar-refractivity contribution in [1.82, 2.24) is 10.3 Å². The lowest BCUT2D eigenvalue weighted by atomic mass is 9.81. The van der Waals surface area contributed by atoms with Crippen molar-refractivity contribution in [2.45, 2.75) is 52.4 Å². The summed E-state index contributed by atoms with van der Waals surface area (Å²) in [5.41, 5.74) is 1.17. The van der Waals surface area contributed by atoms with Crippen LogP contribution in [0.25, 0.3) is 0 Å². The Labute approximate surface area is 128 Å². The normalized spacial score (nSPS) is 30.3. The maximum atomic E-state index is 5.99. The van der Waals surface area contributed by atoms with Gasteiger partial charge in [-0.2, -0.15) is 0 Å². The third-order valence-corrected chi connectivity index (χ3v) is 4.58. The van der Waals surface area contributed by atoms with Crippen LogP contribution < -0.4 is 10.1 Å². The zero-order chi connectivity index (χ0) is 15.4. The number of pyridine rings is 1. The number of aromatic nitrogens is 1. The van der Waals surface area contributed by atoms with Gasteiger partial charge in [-0.1, -0.05) is 13.8 Å². The van der Waals surface area contributed by atoms with Crippen LogP contribution in [-0.4, -0.2) is 30.8 Å². The van der Waals surface area contributed by atoms with Gasteiger partial charge >= 0.3 is 0 Å². The Balaban J connectivity index is 2.21. The number of hydrogen-bond donors (Lipinski definition) is 1. The molecule has 118 valence electrons. The van der Waals surface area contributed by atoms with E-state index in [1.54, 1.807) is 6.20 Å². The van der Waals surface area contributed by atoms with E-state index in [1.165, 1.54) is 5.56 Å². The fourth-order valence-electron chi connectivity index (χ4n) is 3.35. The topological polar surface area (TPSA) is 43.4 Å². The minimum atomic E-state index is 0.234. The fraction of sp³-hybridized carbons (Fsp3) is 0.706. The van der Waals surface area contributed by atoms with Crippen LogP contribution in [0.1, 0.15) is 45.7 Å². The average Bonchev–Trinajstić information content (AvgIpc) is 2.73. The molecule has 1 aromatic heterocycles. The maximum absolute atomic E-state index is 5.99. The third-order valence-electron chi connectivity index (χ3n) is 4.58. The van der Waals surface area contributed by atoms with Gasteiger partial charge in [0.1, 0.15) is 5.75 Å². The van der Waals surface area contributed by atoms with Crippen LogP contribution >= 0.6 is 0 Å². The highest BCUT2D eigenvalue weighted by atomic mass is 16.5. The molecule has 1 fully saturated rings. The van der Waals surface area contributed by atoms with E-state index in [1.807, 2.05) is 13.2 Å². The van der Waals surface area contributed by atoms with E-state index in [4.69, 9.17) is 9.47 Å². The lowest BCUT2D eigenvalue weighted by Gasteiger charge is -2.29. The number of ether oxygens (including phenoxy) is 2. The lowest BCUT2D eigenvalue weighted by Crippen LogP contribution is -2.33. The molecule has 21 heavy (non-hydrogen) atoms. The molecule has 1 N–H and O–H groups in total. The highest BCUT2D eigenvalue weighted by molar-refractivity contribution is 5.27. The van der Waals surface area contributed by atoms with E-state index in [9.17, 15) is 0 Å². The summed E-state index contributed by atoms with van der Waals surface area (Å²) < 4.78 is 11.7. The van der Waals surface area contributed by atoms with Crippen LogP contribution in [0.2, 0.25) is 0 Å². The fourth-order valence-corrected chi connectivity index (χ4v) is 3.35. The van der Waals surface area contributed by atoms with Crippen LogP contribution in [0.4, 0.5) is 0 Å². The Morgan fingerprint density at radius 2 is 2.05 bits per heavy atom. The Morgan fingerprint density at radius 1 is 1.29 bits per heavy atom. The highest BCUT2D eigenvalue weighted by Gasteiger charge is 2.41. The molecule has 1 aliphatic rings. The molecule has 5 unspecified atom stereocenters. The zero-order valence-corrected chi connectivity index (χ0v) is 13.8. The number of rotatable bonds is 6. The predicted molar refractivity (Wildman–Crippen MR) is 84.5 cm³/mol. The minimum absolute atomic E-state index is 0.234. The van der Waals surface area contributed by atoms with Gasteiger partial charge in [0.05, 0.1) is 25.0 Å². The van der Waals surface area contributed by atoms with Gasteiger partial charge in [0.15, 0.2) is 0 Å². The van der Waals surface area contributed by atoms with Crippen molar-refractivity contribution in [3.05, 3.63) is 24.0 Å². The summed E-state index contributed by atoms with van der Waals surface area (Å²) in [7, 11) is 2.01. The first-order valence-electron chi connectivity index (χ1n) is 7.99. The first-order chi connectivity index (χ1) is 10.1. The molecule has 1 aliphatic heterocycles. The monoisotopic (exact) mass is 292 g/mol. The quantitative estimate of drug-likeness (QED) is 0.874. The second-order valence-corrected chi connectivity index (χ2v) is 6.05. The van der Waals surface area contributed by atoms with Crippen molar-refractivity contribution in [3.63, 3.8) is 0 Å². The third kappa shape index (κ3) is 3.55. The summed E-state index contributed by atoms with van der Waals surface area (Å²) in [6.45, 7) is 9.43. The molecule has 1 saturated heterocycles. The molecule has 5 atom stereocenters. The van der Waals surface area contributed by atoms with Gasteiger partial charge in [0.25, 0.3) is 0 Å². The van der Waals surface area contributed by atoms with E-state index in [0.717, 1.165) is 18.8 Å². The molecule has 2 rings (SSSR count). The van der Waals surface area contributed by atoms with Crippen molar-refractivity contribution < 1.29 is 9.47 Å². The van der Waals surface area contributed by atoms with Crippen LogP contribution in [0.15, 0.2) is 18.5 Å². The Morgan fingerprint density at radius 3 is 2.62 bits per heavy atom. The molecule has 1 aromatic rings. The van der Waals surface area contributed by atoms with Gasteiger partial charge in [-0.3, -0.25) is 4.98 Å². The maximum Gasteiger partial charge on any atom is 0.137 e. The molecule has 2 heterocycles. The highest BCUT2D eigenvalue weighted by Crippen LogP contribution is 2.40. The second-order valence-electron chi connectivity index (χ2n) is 6.05. The molecule has 0 radical (unpaired) electrons. The number of nitrogens with one attached hydrogen (secondary N) is 1. The van der Waals surface area contributed by atoms with E-state index < -0.39 is 0 Å². The minimum Gasteiger partial charge on any atom is -0.492 e. The summed E-state index contributed by atoms with van der Waals surface area (Å²) in [4.78, 5) is 4.34. The van der Waals surface area contributed by atoms with Crippen LogP contribution in [0, 0.1) is 11.8 Å². The van der Waals surface area contributed by atoms with Gasteiger partial charge in [-0.05, 0) is 44.9 Å². The summed E-state index contributed by atoms with van der Waals surface area (Å²) in [6, 6.07) is 2.34. The van der Waals surface area contributed by atoms with Gasteiger partial charge < -0.3 is 14.8 Å². The van der Waals surface area contributed by atoms with Gasteiger partial charge in [0, 0.05) is 18.2 Å². The molecule has 0 bridgehead atoms. The lowest BCUT2D eigenvalue weighted by molar-refractivity contribution is 0.0478. The largest absolute Gasteiger partial charge is 0.492 e. The van der Waals surface area contributed by atoms with E-state index >= 15 is 0 Å². The van der Waals surface area contributed by atoms with Crippen LogP contribution in [0.5, 0.6) is 5.75 Å². The van der Waals surface area contributed by atoms with Crippen molar-refractivity contribution >= 4 is 0 Å². The van der Waals surface area contributed by atoms with E-state index in [0.29, 0.717) is 17.9 Å². The van der Waals surface area contributed by atoms with Crippen molar-refractivity contribution in [1.29, 1.82) is 0 Å². The van der Waals surface area contributed by atoms with Gasteiger partial charge in [-0.15, -0.1) is 0 Å². The predicted octanol–water partition coefficient (Wildman–Crippen LogP) is 3.19. The van der Waals surface area contributed by atoms with Crippen LogP contribution in [-0.2, 0) is 4.74 Å². The number of hydrogen-bond acceptors (Lipinski definition) is 4. The summed E-state index contributed by atoms with van der Waals surface area (Å²) >= 11 is 0. The average molecular weight is 292 g/mol. The van der Waals surface area contributed by atoms with Crippen LogP contribution in [0.3, 0.4) is 0 Å². The molecule has 0 spiro atoms. The van der Waals surface area contributed by atoms with Crippen molar-refractivity contribution in [2.75, 3.05) is 13.7 Å². The molecule has 0 amide bonds. The first-order valence-corrected chi connectivity index (χ1v) is 7.99. The Bertz CT molecular complexity index is 452. The van der Waals surface area contributed by atoms with E-state index in [2.05, 4.69) is 44.1 Å². The van der Waals surface area contributed by atoms with Crippen molar-refractivity contribution in [3.8, 4) is 5.75 Å². The first kappa shape index (κ1) is 16.2. The molecule has 0 aromatic carbocycles. The molecule has 4 heteroatoms. The summed E-state index contributed by atoms with van der Waals surface area (Å²) in [5.74, 6) is 1.80. The smallest absolute Gasteiger partial charge is 0.137 e. The molecule has 4 nitrogen and oxygen atoms in total. The SMILES string of the molecule is CCCOc1cncc(C(NC)C2C(C)OC(C)C2C)c1.